The van der Waals surface area contributed by atoms with Crippen molar-refractivity contribution in [2.75, 3.05) is 37.4 Å². The van der Waals surface area contributed by atoms with Gasteiger partial charge in [0.1, 0.15) is 5.82 Å². The number of fused-ring (bicyclic) bond motifs is 1. The summed E-state index contributed by atoms with van der Waals surface area (Å²) in [6.45, 7) is 7.12. The molecule has 0 radical (unpaired) electrons. The molecule has 0 fully saturated rings. The molecule has 0 aliphatic carbocycles. The van der Waals surface area contributed by atoms with Gasteiger partial charge in [0, 0.05) is 43.8 Å². The molecule has 3 rings (SSSR count). The topological polar surface area (TPSA) is 51.4 Å². The molecule has 0 unspecified atom stereocenters. The number of nitrogen functional groups attached to an aromatic ring is 1. The molecule has 0 atom stereocenters. The Bertz CT molecular complexity index is 704. The molecule has 24 heavy (non-hydrogen) atoms. The molecular formula is C20H27N3O. The molecule has 2 aromatic rings. The predicted molar refractivity (Wildman–Crippen MR) is 101 cm³/mol. The van der Waals surface area contributed by atoms with E-state index in [9.17, 15) is 0 Å². The molecule has 4 heteroatoms. The van der Waals surface area contributed by atoms with E-state index in [0.717, 1.165) is 38.2 Å². The Hall–Kier alpha value is -2.07. The second-order valence-electron chi connectivity index (χ2n) is 6.60. The Kier molecular flexibility index (Phi) is 5.05. The average Bonchev–Trinajstić information content (AvgIpc) is 2.54. The normalized spacial score (nSPS) is 13.9. The Labute approximate surface area is 144 Å². The van der Waals surface area contributed by atoms with Crippen LogP contribution in [0.3, 0.4) is 0 Å². The predicted octanol–water partition coefficient (Wildman–Crippen LogP) is 3.74. The second-order valence-corrected chi connectivity index (χ2v) is 6.60. The first-order valence-corrected chi connectivity index (χ1v) is 8.71. The summed E-state index contributed by atoms with van der Waals surface area (Å²) in [5, 5.41) is 0. The maximum atomic E-state index is 5.88. The van der Waals surface area contributed by atoms with E-state index in [1.54, 1.807) is 7.11 Å². The largest absolute Gasteiger partial charge is 0.385 e. The monoisotopic (exact) mass is 325 g/mol. The summed E-state index contributed by atoms with van der Waals surface area (Å²) in [4.78, 5) is 6.95. The van der Waals surface area contributed by atoms with Crippen molar-refractivity contribution in [3.63, 3.8) is 0 Å². The quantitative estimate of drug-likeness (QED) is 0.851. The summed E-state index contributed by atoms with van der Waals surface area (Å²) < 4.78 is 5.21. The van der Waals surface area contributed by atoms with Crippen LogP contribution in [-0.2, 0) is 11.2 Å². The third kappa shape index (κ3) is 3.39. The van der Waals surface area contributed by atoms with E-state index in [2.05, 4.69) is 35.0 Å². The number of aromatic nitrogens is 1. The van der Waals surface area contributed by atoms with E-state index in [0.29, 0.717) is 5.82 Å². The minimum absolute atomic E-state index is 0.591. The van der Waals surface area contributed by atoms with Crippen LogP contribution >= 0.6 is 0 Å². The average molecular weight is 325 g/mol. The molecule has 1 aliphatic heterocycles. The standard InChI is InChI=1S/C20H27N3O/c1-14-12-19(21)22-15(2)20(14)17-8-7-16-6-4-9-23(18(16)13-17)10-5-11-24-3/h7-8,12-13H,4-6,9-11H2,1-3H3,(H2,21,22). The van der Waals surface area contributed by atoms with Crippen molar-refractivity contribution in [1.29, 1.82) is 0 Å². The maximum absolute atomic E-state index is 5.88. The van der Waals surface area contributed by atoms with Crippen LogP contribution in [0.5, 0.6) is 0 Å². The van der Waals surface area contributed by atoms with E-state index < -0.39 is 0 Å². The van der Waals surface area contributed by atoms with Gasteiger partial charge in [-0.3, -0.25) is 0 Å². The number of nitrogens with two attached hydrogens (primary N) is 1. The maximum Gasteiger partial charge on any atom is 0.123 e. The summed E-state index contributed by atoms with van der Waals surface area (Å²) in [6.07, 6.45) is 3.44. The highest BCUT2D eigenvalue weighted by Crippen LogP contribution is 2.34. The number of anilines is 2. The van der Waals surface area contributed by atoms with Gasteiger partial charge in [-0.15, -0.1) is 0 Å². The molecule has 1 aliphatic rings. The van der Waals surface area contributed by atoms with E-state index in [1.165, 1.54) is 34.4 Å². The Morgan fingerprint density at radius 1 is 1.25 bits per heavy atom. The van der Waals surface area contributed by atoms with Gasteiger partial charge in [0.05, 0.1) is 0 Å². The lowest BCUT2D eigenvalue weighted by molar-refractivity contribution is 0.196. The minimum Gasteiger partial charge on any atom is -0.385 e. The van der Waals surface area contributed by atoms with Crippen molar-refractivity contribution in [2.24, 2.45) is 0 Å². The van der Waals surface area contributed by atoms with Crippen molar-refractivity contribution in [2.45, 2.75) is 33.1 Å². The number of methoxy groups -OCH3 is 1. The third-order valence-electron chi connectivity index (χ3n) is 4.78. The molecule has 0 amide bonds. The summed E-state index contributed by atoms with van der Waals surface area (Å²) in [5.41, 5.74) is 13.3. The van der Waals surface area contributed by atoms with Gasteiger partial charge in [-0.05, 0) is 61.9 Å². The molecule has 0 spiro atoms. The Balaban J connectivity index is 1.96. The summed E-state index contributed by atoms with van der Waals surface area (Å²) in [6, 6.07) is 8.79. The molecule has 4 nitrogen and oxygen atoms in total. The van der Waals surface area contributed by atoms with Crippen molar-refractivity contribution in [1.82, 2.24) is 4.98 Å². The highest BCUT2D eigenvalue weighted by Gasteiger charge is 2.18. The van der Waals surface area contributed by atoms with Crippen LogP contribution in [0.15, 0.2) is 24.3 Å². The van der Waals surface area contributed by atoms with E-state index in [4.69, 9.17) is 10.5 Å². The summed E-state index contributed by atoms with van der Waals surface area (Å²) in [5.74, 6) is 0.591. The number of hydrogen-bond donors (Lipinski definition) is 1. The fourth-order valence-electron chi connectivity index (χ4n) is 3.74. The van der Waals surface area contributed by atoms with E-state index in [1.807, 2.05) is 13.0 Å². The molecule has 2 heterocycles. The van der Waals surface area contributed by atoms with Gasteiger partial charge in [-0.2, -0.15) is 0 Å². The van der Waals surface area contributed by atoms with Crippen LogP contribution in [0, 0.1) is 13.8 Å². The van der Waals surface area contributed by atoms with Crippen LogP contribution < -0.4 is 10.6 Å². The van der Waals surface area contributed by atoms with Gasteiger partial charge in [0.25, 0.3) is 0 Å². The van der Waals surface area contributed by atoms with Gasteiger partial charge >= 0.3 is 0 Å². The zero-order valence-corrected chi connectivity index (χ0v) is 14.9. The molecule has 1 aromatic carbocycles. The van der Waals surface area contributed by atoms with E-state index >= 15 is 0 Å². The van der Waals surface area contributed by atoms with Crippen molar-refractivity contribution in [3.05, 3.63) is 41.1 Å². The number of hydrogen-bond acceptors (Lipinski definition) is 4. The number of rotatable bonds is 5. The third-order valence-corrected chi connectivity index (χ3v) is 4.78. The number of ether oxygens (including phenoxy) is 1. The molecule has 1 aromatic heterocycles. The van der Waals surface area contributed by atoms with Crippen LogP contribution in [0.25, 0.3) is 11.1 Å². The van der Waals surface area contributed by atoms with Gasteiger partial charge in [-0.1, -0.05) is 12.1 Å². The first kappa shape index (κ1) is 16.8. The zero-order valence-electron chi connectivity index (χ0n) is 14.9. The number of benzene rings is 1. The minimum atomic E-state index is 0.591. The number of aryl methyl sites for hydroxylation is 3. The molecule has 0 saturated heterocycles. The van der Waals surface area contributed by atoms with Crippen LogP contribution in [0.4, 0.5) is 11.5 Å². The van der Waals surface area contributed by atoms with Crippen LogP contribution in [0.1, 0.15) is 29.7 Å². The van der Waals surface area contributed by atoms with Crippen LogP contribution in [-0.4, -0.2) is 31.8 Å². The Morgan fingerprint density at radius 3 is 2.83 bits per heavy atom. The van der Waals surface area contributed by atoms with Crippen molar-refractivity contribution in [3.8, 4) is 11.1 Å². The van der Waals surface area contributed by atoms with Gasteiger partial charge < -0.3 is 15.4 Å². The molecule has 128 valence electrons. The smallest absolute Gasteiger partial charge is 0.123 e. The van der Waals surface area contributed by atoms with Crippen LogP contribution in [0.2, 0.25) is 0 Å². The highest BCUT2D eigenvalue weighted by atomic mass is 16.5. The Morgan fingerprint density at radius 2 is 2.08 bits per heavy atom. The molecular weight excluding hydrogens is 298 g/mol. The summed E-state index contributed by atoms with van der Waals surface area (Å²) in [7, 11) is 1.77. The van der Waals surface area contributed by atoms with Gasteiger partial charge in [0.2, 0.25) is 0 Å². The van der Waals surface area contributed by atoms with E-state index in [-0.39, 0.29) is 0 Å². The lowest BCUT2D eigenvalue weighted by Crippen LogP contribution is -2.30. The summed E-state index contributed by atoms with van der Waals surface area (Å²) >= 11 is 0. The number of nitrogens with zero attached hydrogens (tertiary/aromatic N) is 2. The molecule has 0 bridgehead atoms. The van der Waals surface area contributed by atoms with Gasteiger partial charge in [0.15, 0.2) is 0 Å². The lowest BCUT2D eigenvalue weighted by Gasteiger charge is -2.32. The van der Waals surface area contributed by atoms with Crippen molar-refractivity contribution < 1.29 is 4.74 Å². The number of pyridine rings is 1. The van der Waals surface area contributed by atoms with Gasteiger partial charge in [-0.25, -0.2) is 4.98 Å². The zero-order chi connectivity index (χ0) is 17.1. The molecule has 0 saturated carbocycles. The first-order chi connectivity index (χ1) is 11.6. The highest BCUT2D eigenvalue weighted by molar-refractivity contribution is 5.75. The molecule has 2 N–H and O–H groups in total. The fraction of sp³-hybridized carbons (Fsp3) is 0.450. The van der Waals surface area contributed by atoms with Crippen molar-refractivity contribution >= 4 is 11.5 Å². The SMILES string of the molecule is COCCCN1CCCc2ccc(-c3c(C)cc(N)nc3C)cc21. The lowest BCUT2D eigenvalue weighted by atomic mass is 9.94. The fourth-order valence-corrected chi connectivity index (χ4v) is 3.74. The second kappa shape index (κ2) is 7.22. The first-order valence-electron chi connectivity index (χ1n) is 8.71.